The smallest absolute Gasteiger partial charge is 0.245 e. The fourth-order valence-corrected chi connectivity index (χ4v) is 3.55. The molecule has 2 N–H and O–H groups in total. The zero-order chi connectivity index (χ0) is 18.2. The van der Waals surface area contributed by atoms with Crippen LogP contribution in [0, 0.1) is 0 Å². The van der Waals surface area contributed by atoms with Crippen molar-refractivity contribution in [1.29, 1.82) is 0 Å². The van der Waals surface area contributed by atoms with Crippen LogP contribution in [-0.2, 0) is 11.3 Å². The summed E-state index contributed by atoms with van der Waals surface area (Å²) in [5, 5.41) is 6.66. The number of benzene rings is 2. The van der Waals surface area contributed by atoms with Crippen LogP contribution in [0.15, 0.2) is 60.7 Å². The SMILES string of the molecule is CCCNC(=O)C1(Nc2ccccc2)CCN(Cc2ccccc2)CC1. The molecule has 0 aliphatic carbocycles. The van der Waals surface area contributed by atoms with Gasteiger partial charge in [0.05, 0.1) is 0 Å². The van der Waals surface area contributed by atoms with Gasteiger partial charge in [-0.3, -0.25) is 9.69 Å². The first kappa shape index (κ1) is 18.5. The number of carbonyl (C=O) groups is 1. The van der Waals surface area contributed by atoms with Gasteiger partial charge >= 0.3 is 0 Å². The molecule has 26 heavy (non-hydrogen) atoms. The molecule has 0 bridgehead atoms. The van der Waals surface area contributed by atoms with Crippen molar-refractivity contribution >= 4 is 11.6 Å². The van der Waals surface area contributed by atoms with Crippen LogP contribution in [0.25, 0.3) is 0 Å². The minimum atomic E-state index is -0.524. The first-order chi connectivity index (χ1) is 12.7. The number of hydrogen-bond donors (Lipinski definition) is 2. The number of amides is 1. The van der Waals surface area contributed by atoms with Crippen LogP contribution in [0.3, 0.4) is 0 Å². The predicted octanol–water partition coefficient (Wildman–Crippen LogP) is 3.66. The predicted molar refractivity (Wildman–Crippen MR) is 107 cm³/mol. The third kappa shape index (κ3) is 4.64. The third-order valence-electron chi connectivity index (χ3n) is 5.09. The first-order valence-corrected chi connectivity index (χ1v) is 9.60. The third-order valence-corrected chi connectivity index (χ3v) is 5.09. The highest BCUT2D eigenvalue weighted by atomic mass is 16.2. The van der Waals surface area contributed by atoms with Crippen LogP contribution in [0.4, 0.5) is 5.69 Å². The number of piperidine rings is 1. The van der Waals surface area contributed by atoms with Crippen LogP contribution in [-0.4, -0.2) is 36.0 Å². The van der Waals surface area contributed by atoms with Gasteiger partial charge in [-0.1, -0.05) is 55.5 Å². The maximum Gasteiger partial charge on any atom is 0.245 e. The molecule has 0 spiro atoms. The van der Waals surface area contributed by atoms with E-state index in [0.29, 0.717) is 0 Å². The van der Waals surface area contributed by atoms with Gasteiger partial charge in [0.25, 0.3) is 0 Å². The summed E-state index contributed by atoms with van der Waals surface area (Å²) in [5.41, 5.74) is 1.81. The molecule has 4 nitrogen and oxygen atoms in total. The summed E-state index contributed by atoms with van der Waals surface area (Å²) < 4.78 is 0. The van der Waals surface area contributed by atoms with Gasteiger partial charge in [-0.2, -0.15) is 0 Å². The van der Waals surface area contributed by atoms with Crippen molar-refractivity contribution < 1.29 is 4.79 Å². The van der Waals surface area contributed by atoms with Crippen molar-refractivity contribution in [2.75, 3.05) is 25.0 Å². The van der Waals surface area contributed by atoms with Gasteiger partial charge in [-0.05, 0) is 37.0 Å². The average molecular weight is 351 g/mol. The van der Waals surface area contributed by atoms with E-state index in [0.717, 1.165) is 51.1 Å². The summed E-state index contributed by atoms with van der Waals surface area (Å²) in [4.78, 5) is 15.4. The van der Waals surface area contributed by atoms with Crippen molar-refractivity contribution in [2.24, 2.45) is 0 Å². The van der Waals surface area contributed by atoms with E-state index in [2.05, 4.69) is 46.7 Å². The standard InChI is InChI=1S/C22H29N3O/c1-2-15-23-21(26)22(24-20-11-7-4-8-12-20)13-16-25(17-14-22)18-19-9-5-3-6-10-19/h3-12,24H,2,13-18H2,1H3,(H,23,26). The van der Waals surface area contributed by atoms with Crippen molar-refractivity contribution in [3.8, 4) is 0 Å². The van der Waals surface area contributed by atoms with Crippen LogP contribution in [0.5, 0.6) is 0 Å². The molecule has 2 aromatic rings. The molecule has 1 aliphatic rings. The largest absolute Gasteiger partial charge is 0.371 e. The second-order valence-corrected chi connectivity index (χ2v) is 7.09. The monoisotopic (exact) mass is 351 g/mol. The van der Waals surface area contributed by atoms with Crippen LogP contribution < -0.4 is 10.6 Å². The molecule has 138 valence electrons. The number of anilines is 1. The molecule has 0 aromatic heterocycles. The molecular formula is C22H29N3O. The number of hydrogen-bond acceptors (Lipinski definition) is 3. The lowest BCUT2D eigenvalue weighted by atomic mass is 9.85. The maximum atomic E-state index is 13.0. The number of para-hydroxylation sites is 1. The van der Waals surface area contributed by atoms with Crippen LogP contribution in [0.1, 0.15) is 31.7 Å². The van der Waals surface area contributed by atoms with Crippen LogP contribution in [0.2, 0.25) is 0 Å². The minimum absolute atomic E-state index is 0.127. The van der Waals surface area contributed by atoms with Gasteiger partial charge < -0.3 is 10.6 Å². The first-order valence-electron chi connectivity index (χ1n) is 9.60. The Labute approximate surface area is 156 Å². The van der Waals surface area contributed by atoms with E-state index in [1.807, 2.05) is 36.4 Å². The van der Waals surface area contributed by atoms with Gasteiger partial charge in [0.15, 0.2) is 0 Å². The number of nitrogens with one attached hydrogen (secondary N) is 2. The zero-order valence-corrected chi connectivity index (χ0v) is 15.6. The average Bonchev–Trinajstić information content (AvgIpc) is 2.69. The summed E-state index contributed by atoms with van der Waals surface area (Å²) in [7, 11) is 0. The Morgan fingerprint density at radius 3 is 2.23 bits per heavy atom. The Morgan fingerprint density at radius 1 is 1.00 bits per heavy atom. The maximum absolute atomic E-state index is 13.0. The molecule has 0 radical (unpaired) electrons. The fraction of sp³-hybridized carbons (Fsp3) is 0.409. The Balaban J connectivity index is 1.68. The molecule has 1 heterocycles. The summed E-state index contributed by atoms with van der Waals surface area (Å²) in [6.45, 7) is 5.58. The van der Waals surface area contributed by atoms with E-state index < -0.39 is 5.54 Å². The number of nitrogens with zero attached hydrogens (tertiary/aromatic N) is 1. The molecule has 1 aliphatic heterocycles. The summed E-state index contributed by atoms with van der Waals surface area (Å²) in [5.74, 6) is 0.127. The van der Waals surface area contributed by atoms with Crippen LogP contribution >= 0.6 is 0 Å². The van der Waals surface area contributed by atoms with E-state index >= 15 is 0 Å². The topological polar surface area (TPSA) is 44.4 Å². The normalized spacial score (nSPS) is 16.8. The Kier molecular flexibility index (Phi) is 6.29. The van der Waals surface area contributed by atoms with Gasteiger partial charge in [0.1, 0.15) is 5.54 Å². The molecule has 0 saturated carbocycles. The summed E-state index contributed by atoms with van der Waals surface area (Å²) in [6, 6.07) is 20.6. The van der Waals surface area contributed by atoms with E-state index in [1.165, 1.54) is 5.56 Å². The summed E-state index contributed by atoms with van der Waals surface area (Å²) in [6.07, 6.45) is 2.57. The second-order valence-electron chi connectivity index (χ2n) is 7.09. The lowest BCUT2D eigenvalue weighted by Gasteiger charge is -2.41. The van der Waals surface area contributed by atoms with Gasteiger partial charge in [-0.15, -0.1) is 0 Å². The van der Waals surface area contributed by atoms with Gasteiger partial charge in [0.2, 0.25) is 5.91 Å². The van der Waals surface area contributed by atoms with Crippen molar-refractivity contribution in [2.45, 2.75) is 38.3 Å². The molecular weight excluding hydrogens is 322 g/mol. The van der Waals surface area contributed by atoms with Gasteiger partial charge in [0, 0.05) is 31.9 Å². The number of rotatable bonds is 7. The molecule has 0 unspecified atom stereocenters. The Bertz CT molecular complexity index is 679. The number of carbonyl (C=O) groups excluding carboxylic acids is 1. The highest BCUT2D eigenvalue weighted by molar-refractivity contribution is 5.89. The van der Waals surface area contributed by atoms with Crippen molar-refractivity contribution in [1.82, 2.24) is 10.2 Å². The molecule has 4 heteroatoms. The van der Waals surface area contributed by atoms with Gasteiger partial charge in [-0.25, -0.2) is 0 Å². The van der Waals surface area contributed by atoms with E-state index in [1.54, 1.807) is 0 Å². The van der Waals surface area contributed by atoms with E-state index in [4.69, 9.17) is 0 Å². The lowest BCUT2D eigenvalue weighted by molar-refractivity contribution is -0.127. The summed E-state index contributed by atoms with van der Waals surface area (Å²) >= 11 is 0. The van der Waals surface area contributed by atoms with E-state index in [-0.39, 0.29) is 5.91 Å². The second kappa shape index (κ2) is 8.86. The Morgan fingerprint density at radius 2 is 1.62 bits per heavy atom. The minimum Gasteiger partial charge on any atom is -0.371 e. The van der Waals surface area contributed by atoms with E-state index in [9.17, 15) is 4.79 Å². The highest BCUT2D eigenvalue weighted by Gasteiger charge is 2.41. The fourth-order valence-electron chi connectivity index (χ4n) is 3.55. The number of likely N-dealkylation sites (tertiary alicyclic amines) is 1. The molecule has 1 saturated heterocycles. The lowest BCUT2D eigenvalue weighted by Crippen LogP contribution is -2.58. The van der Waals surface area contributed by atoms with Crippen molar-refractivity contribution in [3.63, 3.8) is 0 Å². The molecule has 0 atom stereocenters. The highest BCUT2D eigenvalue weighted by Crippen LogP contribution is 2.28. The molecule has 3 rings (SSSR count). The quantitative estimate of drug-likeness (QED) is 0.800. The Hall–Kier alpha value is -2.33. The van der Waals surface area contributed by atoms with Crippen molar-refractivity contribution in [3.05, 3.63) is 66.2 Å². The molecule has 2 aromatic carbocycles. The molecule has 1 fully saturated rings. The zero-order valence-electron chi connectivity index (χ0n) is 15.6. The molecule has 1 amide bonds.